The number of carbonyl (C=O) groups excluding carboxylic acids is 1. The predicted molar refractivity (Wildman–Crippen MR) is 138 cm³/mol. The minimum absolute atomic E-state index is 0.0211. The van der Waals surface area contributed by atoms with Crippen LogP contribution >= 0.6 is 0 Å². The largest absolute Gasteiger partial charge is 0.271 e. The second-order valence-electron chi connectivity index (χ2n) is 9.36. The zero-order valence-electron chi connectivity index (χ0n) is 20.5. The average Bonchev–Trinajstić information content (AvgIpc) is 2.81. The second kappa shape index (κ2) is 10.4. The Morgan fingerprint density at radius 3 is 2.06 bits per heavy atom. The van der Waals surface area contributed by atoms with Crippen LogP contribution in [0.3, 0.4) is 0 Å². The van der Waals surface area contributed by atoms with Crippen LogP contribution < -0.4 is 9.73 Å². The molecule has 0 aliphatic carbocycles. The van der Waals surface area contributed by atoms with Gasteiger partial charge >= 0.3 is 0 Å². The third-order valence-electron chi connectivity index (χ3n) is 5.53. The number of nitrogens with one attached hydrogen (secondary N) is 1. The maximum Gasteiger partial charge on any atom is 0.264 e. The molecule has 0 radical (unpaired) electrons. The van der Waals surface area contributed by atoms with E-state index in [0.29, 0.717) is 11.4 Å². The van der Waals surface area contributed by atoms with E-state index >= 15 is 0 Å². The maximum absolute atomic E-state index is 13.4. The van der Waals surface area contributed by atoms with E-state index in [-0.39, 0.29) is 10.3 Å². The van der Waals surface area contributed by atoms with Crippen LogP contribution in [0, 0.1) is 12.7 Å². The summed E-state index contributed by atoms with van der Waals surface area (Å²) in [6, 6.07) is 19.1. The third-order valence-corrected chi connectivity index (χ3v) is 7.32. The van der Waals surface area contributed by atoms with Crippen LogP contribution in [0.4, 0.5) is 10.1 Å². The molecule has 0 bridgehead atoms. The highest BCUT2D eigenvalue weighted by Gasteiger charge is 2.27. The molecule has 1 amide bonds. The molecule has 0 aromatic heterocycles. The Morgan fingerprint density at radius 1 is 0.943 bits per heavy atom. The van der Waals surface area contributed by atoms with Gasteiger partial charge in [0.1, 0.15) is 12.4 Å². The van der Waals surface area contributed by atoms with E-state index in [2.05, 4.69) is 31.3 Å². The lowest BCUT2D eigenvalue weighted by atomic mass is 9.86. The fourth-order valence-electron chi connectivity index (χ4n) is 3.35. The van der Waals surface area contributed by atoms with Crippen LogP contribution in [-0.4, -0.2) is 26.6 Å². The van der Waals surface area contributed by atoms with E-state index in [1.807, 2.05) is 31.2 Å². The Balaban J connectivity index is 1.82. The molecular formula is C27H30FN3O3S. The molecular weight excluding hydrogens is 465 g/mol. The first kappa shape index (κ1) is 26.1. The lowest BCUT2D eigenvalue weighted by Crippen LogP contribution is -2.39. The quantitative estimate of drug-likeness (QED) is 0.363. The Morgan fingerprint density at radius 2 is 1.51 bits per heavy atom. The number of hydrogen-bond donors (Lipinski definition) is 1. The zero-order chi connectivity index (χ0) is 25.8. The zero-order valence-corrected chi connectivity index (χ0v) is 21.4. The SMILES string of the molecule is C/C(=N/NC(=O)CN(c1ccc(C)cc1)S(=O)(=O)c1ccc(F)cc1)c1ccc(C(C)(C)C)cc1. The van der Waals surface area contributed by atoms with Crippen molar-refractivity contribution in [2.24, 2.45) is 5.10 Å². The molecule has 3 aromatic rings. The summed E-state index contributed by atoms with van der Waals surface area (Å²) in [5.41, 5.74) is 6.33. The molecule has 184 valence electrons. The van der Waals surface area contributed by atoms with Gasteiger partial charge in [0.2, 0.25) is 0 Å². The van der Waals surface area contributed by atoms with Gasteiger partial charge in [0.15, 0.2) is 0 Å². The molecule has 0 aliphatic rings. The summed E-state index contributed by atoms with van der Waals surface area (Å²) in [6.07, 6.45) is 0. The van der Waals surface area contributed by atoms with E-state index in [9.17, 15) is 17.6 Å². The Bertz CT molecular complexity index is 1310. The van der Waals surface area contributed by atoms with Gasteiger partial charge in [0, 0.05) is 0 Å². The van der Waals surface area contributed by atoms with Gasteiger partial charge in [-0.2, -0.15) is 5.10 Å². The highest BCUT2D eigenvalue weighted by Crippen LogP contribution is 2.25. The van der Waals surface area contributed by atoms with Crippen molar-refractivity contribution < 1.29 is 17.6 Å². The number of hydrogen-bond acceptors (Lipinski definition) is 4. The van der Waals surface area contributed by atoms with Gasteiger partial charge < -0.3 is 0 Å². The lowest BCUT2D eigenvalue weighted by molar-refractivity contribution is -0.119. The number of hydrazone groups is 1. The molecule has 0 atom stereocenters. The maximum atomic E-state index is 13.4. The average molecular weight is 496 g/mol. The predicted octanol–water partition coefficient (Wildman–Crippen LogP) is 5.17. The number of nitrogens with zero attached hydrogens (tertiary/aromatic N) is 2. The summed E-state index contributed by atoms with van der Waals surface area (Å²) in [5, 5.41) is 4.16. The first-order valence-corrected chi connectivity index (χ1v) is 12.6. The van der Waals surface area contributed by atoms with Gasteiger partial charge in [0.05, 0.1) is 16.3 Å². The van der Waals surface area contributed by atoms with Crippen molar-refractivity contribution in [1.29, 1.82) is 0 Å². The van der Waals surface area contributed by atoms with E-state index < -0.39 is 28.3 Å². The minimum atomic E-state index is -4.13. The van der Waals surface area contributed by atoms with Gasteiger partial charge in [-0.15, -0.1) is 0 Å². The highest BCUT2D eigenvalue weighted by atomic mass is 32.2. The van der Waals surface area contributed by atoms with E-state index in [0.717, 1.165) is 27.6 Å². The summed E-state index contributed by atoms with van der Waals surface area (Å²) >= 11 is 0. The normalized spacial score (nSPS) is 12.3. The molecule has 0 saturated heterocycles. The molecule has 0 fully saturated rings. The van der Waals surface area contributed by atoms with Gasteiger partial charge in [-0.1, -0.05) is 62.7 Å². The number of carbonyl (C=O) groups is 1. The van der Waals surface area contributed by atoms with Crippen molar-refractivity contribution in [2.75, 3.05) is 10.8 Å². The first-order valence-electron chi connectivity index (χ1n) is 11.2. The van der Waals surface area contributed by atoms with Crippen molar-refractivity contribution in [1.82, 2.24) is 5.43 Å². The molecule has 3 rings (SSSR count). The number of sulfonamides is 1. The van der Waals surface area contributed by atoms with E-state index in [4.69, 9.17) is 0 Å². The minimum Gasteiger partial charge on any atom is -0.271 e. The van der Waals surface area contributed by atoms with Crippen LogP contribution in [0.5, 0.6) is 0 Å². The Hall–Kier alpha value is -3.52. The fraction of sp³-hybridized carbons (Fsp3) is 0.259. The van der Waals surface area contributed by atoms with Gasteiger partial charge in [-0.25, -0.2) is 18.2 Å². The summed E-state index contributed by atoms with van der Waals surface area (Å²) in [4.78, 5) is 12.6. The summed E-state index contributed by atoms with van der Waals surface area (Å²) in [5.74, 6) is -1.16. The molecule has 3 aromatic carbocycles. The van der Waals surface area contributed by atoms with Crippen molar-refractivity contribution >= 4 is 27.3 Å². The van der Waals surface area contributed by atoms with E-state index in [1.54, 1.807) is 31.2 Å². The molecule has 0 heterocycles. The van der Waals surface area contributed by atoms with E-state index in [1.165, 1.54) is 17.7 Å². The van der Waals surface area contributed by atoms with Gasteiger partial charge in [-0.3, -0.25) is 9.10 Å². The number of rotatable bonds is 7. The van der Waals surface area contributed by atoms with Crippen molar-refractivity contribution in [3.63, 3.8) is 0 Å². The molecule has 0 unspecified atom stereocenters. The summed E-state index contributed by atoms with van der Waals surface area (Å²) < 4.78 is 41.0. The standard InChI is InChI=1S/C27H30FN3O3S/c1-19-6-14-24(15-7-19)31(35(33,34)25-16-12-23(28)13-17-25)18-26(32)30-29-20(2)21-8-10-22(11-9-21)27(3,4)5/h6-17H,18H2,1-5H3,(H,30,32)/b29-20-. The van der Waals surface area contributed by atoms with Crippen molar-refractivity contribution in [3.05, 3.63) is 95.3 Å². The molecule has 0 spiro atoms. The number of amides is 1. The van der Waals surface area contributed by atoms with Crippen molar-refractivity contribution in [2.45, 2.75) is 44.9 Å². The smallest absolute Gasteiger partial charge is 0.264 e. The van der Waals surface area contributed by atoms with Crippen LogP contribution in [0.15, 0.2) is 82.8 Å². The molecule has 1 N–H and O–H groups in total. The molecule has 8 heteroatoms. The van der Waals surface area contributed by atoms with Gasteiger partial charge in [0.25, 0.3) is 15.9 Å². The number of halogens is 1. The number of anilines is 1. The second-order valence-corrected chi connectivity index (χ2v) is 11.2. The number of aryl methyl sites for hydroxylation is 1. The van der Waals surface area contributed by atoms with Gasteiger partial charge in [-0.05, 0) is 66.8 Å². The highest BCUT2D eigenvalue weighted by molar-refractivity contribution is 7.92. The Kier molecular flexibility index (Phi) is 7.75. The molecule has 6 nitrogen and oxygen atoms in total. The monoisotopic (exact) mass is 495 g/mol. The first-order chi connectivity index (χ1) is 16.4. The molecule has 35 heavy (non-hydrogen) atoms. The molecule has 0 aliphatic heterocycles. The summed E-state index contributed by atoms with van der Waals surface area (Å²) in [6.45, 7) is 9.53. The van der Waals surface area contributed by atoms with Crippen LogP contribution in [-0.2, 0) is 20.2 Å². The lowest BCUT2D eigenvalue weighted by Gasteiger charge is -2.24. The topological polar surface area (TPSA) is 78.8 Å². The molecule has 0 saturated carbocycles. The fourth-order valence-corrected chi connectivity index (χ4v) is 4.77. The van der Waals surface area contributed by atoms with Crippen LogP contribution in [0.25, 0.3) is 0 Å². The number of benzene rings is 3. The third kappa shape index (κ3) is 6.54. The van der Waals surface area contributed by atoms with Crippen LogP contribution in [0.2, 0.25) is 0 Å². The Labute approximate surface area is 206 Å². The van der Waals surface area contributed by atoms with Crippen LogP contribution in [0.1, 0.15) is 44.4 Å². The van der Waals surface area contributed by atoms with Crippen molar-refractivity contribution in [3.8, 4) is 0 Å². The summed E-state index contributed by atoms with van der Waals surface area (Å²) in [7, 11) is -4.13.